The van der Waals surface area contributed by atoms with Crippen LogP contribution in [0.25, 0.3) is 0 Å². The Morgan fingerprint density at radius 3 is 1.82 bits per heavy atom. The maximum Gasteiger partial charge on any atom is 0.379 e. The molecule has 0 rings (SSSR count). The van der Waals surface area contributed by atoms with Gasteiger partial charge in [-0.2, -0.15) is 13.2 Å². The van der Waals surface area contributed by atoms with Gasteiger partial charge in [-0.05, 0) is 6.92 Å². The van der Waals surface area contributed by atoms with Gasteiger partial charge in [0.15, 0.2) is 0 Å². The standard InChI is InChI=1S/C5H10O2.CHF3/c1-3-5(6)7-4-2;2-1(3)4/h3-4H2,1-2H3;1H. The largest absolute Gasteiger partial charge is 0.466 e. The predicted octanol–water partition coefficient (Wildman–Crippen LogP) is 2.14. The third-order valence-corrected chi connectivity index (χ3v) is 0.594. The molecule has 2 nitrogen and oxygen atoms in total. The zero-order valence-electron chi connectivity index (χ0n) is 6.44. The number of hydrogen-bond donors (Lipinski definition) is 0. The number of carbonyl (C=O) groups is 1. The van der Waals surface area contributed by atoms with Gasteiger partial charge < -0.3 is 4.74 Å². The Balaban J connectivity index is 0. The highest BCUT2D eigenvalue weighted by molar-refractivity contribution is 5.68. The maximum absolute atomic E-state index is 10.2. The molecule has 0 aromatic heterocycles. The van der Waals surface area contributed by atoms with Gasteiger partial charge in [-0.25, -0.2) is 0 Å². The van der Waals surface area contributed by atoms with E-state index < -0.39 is 6.68 Å². The Morgan fingerprint density at radius 1 is 1.36 bits per heavy atom. The van der Waals surface area contributed by atoms with Crippen molar-refractivity contribution >= 4 is 5.97 Å². The number of ether oxygens (including phenoxy) is 1. The molecule has 0 aliphatic heterocycles. The molecule has 68 valence electrons. The molecule has 0 N–H and O–H groups in total. The molecule has 0 unspecified atom stereocenters. The van der Waals surface area contributed by atoms with Gasteiger partial charge in [-0.1, -0.05) is 6.92 Å². The molecule has 0 saturated heterocycles. The minimum Gasteiger partial charge on any atom is -0.466 e. The van der Waals surface area contributed by atoms with Crippen LogP contribution in [0.2, 0.25) is 0 Å². The third kappa shape index (κ3) is 26.9. The van der Waals surface area contributed by atoms with E-state index in [-0.39, 0.29) is 5.97 Å². The molecule has 0 aromatic carbocycles. The first-order chi connectivity index (χ1) is 5.04. The molecule has 0 bridgehead atoms. The van der Waals surface area contributed by atoms with E-state index in [9.17, 15) is 18.0 Å². The van der Waals surface area contributed by atoms with Gasteiger partial charge in [0.05, 0.1) is 6.61 Å². The van der Waals surface area contributed by atoms with Gasteiger partial charge in [0.1, 0.15) is 0 Å². The van der Waals surface area contributed by atoms with Crippen molar-refractivity contribution < 1.29 is 22.7 Å². The Hall–Kier alpha value is -0.740. The first-order valence-electron chi connectivity index (χ1n) is 3.12. The van der Waals surface area contributed by atoms with E-state index in [4.69, 9.17) is 0 Å². The van der Waals surface area contributed by atoms with Crippen LogP contribution in [0.1, 0.15) is 20.3 Å². The van der Waals surface area contributed by atoms with Crippen LogP contribution in [-0.2, 0) is 9.53 Å². The third-order valence-electron chi connectivity index (χ3n) is 0.594. The van der Waals surface area contributed by atoms with Gasteiger partial charge >= 0.3 is 12.6 Å². The number of alkyl halides is 3. The van der Waals surface area contributed by atoms with Crippen molar-refractivity contribution in [2.75, 3.05) is 6.61 Å². The number of carbonyl (C=O) groups excluding carboxylic acids is 1. The molecule has 0 saturated carbocycles. The summed E-state index contributed by atoms with van der Waals surface area (Å²) in [7, 11) is 0. The molecule has 0 aromatic rings. The summed E-state index contributed by atoms with van der Waals surface area (Å²) in [4.78, 5) is 10.2. The van der Waals surface area contributed by atoms with E-state index >= 15 is 0 Å². The van der Waals surface area contributed by atoms with Crippen molar-refractivity contribution in [3.63, 3.8) is 0 Å². The van der Waals surface area contributed by atoms with E-state index in [1.807, 2.05) is 0 Å². The van der Waals surface area contributed by atoms with Crippen LogP contribution in [0.5, 0.6) is 0 Å². The van der Waals surface area contributed by atoms with Gasteiger partial charge in [0.25, 0.3) is 0 Å². The van der Waals surface area contributed by atoms with Crippen LogP contribution in [0, 0.1) is 0 Å². The van der Waals surface area contributed by atoms with Crippen molar-refractivity contribution in [3.05, 3.63) is 0 Å². The topological polar surface area (TPSA) is 26.3 Å². The number of halogens is 3. The fraction of sp³-hybridized carbons (Fsp3) is 0.833. The minimum atomic E-state index is -3.67. The van der Waals surface area contributed by atoms with Crippen LogP contribution < -0.4 is 0 Å². The van der Waals surface area contributed by atoms with E-state index in [0.29, 0.717) is 13.0 Å². The highest BCUT2D eigenvalue weighted by Gasteiger charge is 1.91. The van der Waals surface area contributed by atoms with Crippen LogP contribution in [0.4, 0.5) is 13.2 Å². The predicted molar refractivity (Wildman–Crippen MR) is 34.0 cm³/mol. The lowest BCUT2D eigenvalue weighted by Gasteiger charge is -1.93. The second-order valence-corrected chi connectivity index (χ2v) is 1.41. The summed E-state index contributed by atoms with van der Waals surface area (Å²) in [6.45, 7) is 0.401. The summed E-state index contributed by atoms with van der Waals surface area (Å²) in [5.41, 5.74) is 0. The second kappa shape index (κ2) is 9.26. The summed E-state index contributed by atoms with van der Waals surface area (Å²) < 4.78 is 33.6. The SMILES string of the molecule is CCOC(=O)CC.FC(F)F. The fourth-order valence-corrected chi connectivity index (χ4v) is 0.263. The number of hydrogen-bond acceptors (Lipinski definition) is 2. The zero-order chi connectivity index (χ0) is 9.28. The Morgan fingerprint density at radius 2 is 1.73 bits per heavy atom. The Bertz CT molecular complexity index is 93.1. The average molecular weight is 172 g/mol. The zero-order valence-corrected chi connectivity index (χ0v) is 6.44. The van der Waals surface area contributed by atoms with E-state index in [0.717, 1.165) is 0 Å². The Kier molecular flexibility index (Phi) is 10.9. The first-order valence-corrected chi connectivity index (χ1v) is 3.12. The monoisotopic (exact) mass is 172 g/mol. The lowest BCUT2D eigenvalue weighted by Crippen LogP contribution is -2.00. The normalized spacial score (nSPS) is 8.55. The highest BCUT2D eigenvalue weighted by atomic mass is 19.4. The molecule has 0 heterocycles. The number of esters is 1. The fourth-order valence-electron chi connectivity index (χ4n) is 0.263. The van der Waals surface area contributed by atoms with Crippen molar-refractivity contribution in [2.45, 2.75) is 26.9 Å². The van der Waals surface area contributed by atoms with Gasteiger partial charge in [-0.3, -0.25) is 4.79 Å². The second-order valence-electron chi connectivity index (χ2n) is 1.41. The highest BCUT2D eigenvalue weighted by Crippen LogP contribution is 1.87. The minimum absolute atomic E-state index is 0.123. The summed E-state index contributed by atoms with van der Waals surface area (Å²) in [6, 6.07) is 0. The molecule has 0 fully saturated rings. The van der Waals surface area contributed by atoms with Crippen LogP contribution in [0.15, 0.2) is 0 Å². The molecular weight excluding hydrogens is 161 g/mol. The first kappa shape index (κ1) is 12.9. The summed E-state index contributed by atoms with van der Waals surface area (Å²) in [6.07, 6.45) is 0.480. The molecule has 0 atom stereocenters. The van der Waals surface area contributed by atoms with E-state index in [2.05, 4.69) is 4.74 Å². The van der Waals surface area contributed by atoms with Crippen LogP contribution in [0.3, 0.4) is 0 Å². The van der Waals surface area contributed by atoms with Crippen molar-refractivity contribution in [3.8, 4) is 0 Å². The van der Waals surface area contributed by atoms with E-state index in [1.165, 1.54) is 0 Å². The molecule has 0 amide bonds. The van der Waals surface area contributed by atoms with Crippen molar-refractivity contribution in [1.29, 1.82) is 0 Å². The van der Waals surface area contributed by atoms with Gasteiger partial charge in [-0.15, -0.1) is 0 Å². The quantitative estimate of drug-likeness (QED) is 0.596. The summed E-state index contributed by atoms with van der Waals surface area (Å²) in [5.74, 6) is -0.123. The lowest BCUT2D eigenvalue weighted by atomic mass is 10.5. The molecule has 0 aliphatic rings. The van der Waals surface area contributed by atoms with E-state index in [1.54, 1.807) is 13.8 Å². The number of rotatable bonds is 2. The van der Waals surface area contributed by atoms with Crippen molar-refractivity contribution in [1.82, 2.24) is 0 Å². The summed E-state index contributed by atoms with van der Waals surface area (Å²) in [5, 5.41) is 0. The summed E-state index contributed by atoms with van der Waals surface area (Å²) >= 11 is 0. The molecule has 0 aliphatic carbocycles. The van der Waals surface area contributed by atoms with Crippen LogP contribution >= 0.6 is 0 Å². The molecule has 11 heavy (non-hydrogen) atoms. The molecular formula is C6H11F3O2. The van der Waals surface area contributed by atoms with Crippen LogP contribution in [-0.4, -0.2) is 19.3 Å². The Labute approximate surface area is 63.3 Å². The molecule has 0 radical (unpaired) electrons. The molecule has 5 heteroatoms. The molecule has 0 spiro atoms. The average Bonchev–Trinajstić information content (AvgIpc) is 1.87. The van der Waals surface area contributed by atoms with Gasteiger partial charge in [0.2, 0.25) is 0 Å². The maximum atomic E-state index is 10.2. The van der Waals surface area contributed by atoms with Gasteiger partial charge in [0, 0.05) is 6.42 Å². The lowest BCUT2D eigenvalue weighted by molar-refractivity contribution is -0.142. The van der Waals surface area contributed by atoms with Crippen molar-refractivity contribution in [2.24, 2.45) is 0 Å². The smallest absolute Gasteiger partial charge is 0.379 e.